The molecule has 0 bridgehead atoms. The molecule has 2 aromatic carbocycles. The SMILES string of the molecule is CC(C)(Cc1ccncc1)C(NC(=O)c1cccc(Cl)c1)Nc1c(Nc2cccnc2)c(=O)c1=O. The van der Waals surface area contributed by atoms with Crippen LogP contribution >= 0.6 is 11.6 Å². The minimum atomic E-state index is -0.708. The number of benzene rings is 1. The Morgan fingerprint density at radius 3 is 2.40 bits per heavy atom. The zero-order chi connectivity index (χ0) is 25.0. The molecule has 0 spiro atoms. The predicted octanol–water partition coefficient (Wildman–Crippen LogP) is 3.91. The third kappa shape index (κ3) is 5.55. The van der Waals surface area contributed by atoms with Crippen LogP contribution in [0.15, 0.2) is 82.9 Å². The maximum absolute atomic E-state index is 13.1. The Labute approximate surface area is 207 Å². The molecule has 1 atom stereocenters. The minimum absolute atomic E-state index is 0.109. The first kappa shape index (κ1) is 24.1. The molecule has 178 valence electrons. The summed E-state index contributed by atoms with van der Waals surface area (Å²) < 4.78 is 0. The van der Waals surface area contributed by atoms with E-state index in [9.17, 15) is 14.4 Å². The number of anilines is 3. The van der Waals surface area contributed by atoms with E-state index >= 15 is 0 Å². The van der Waals surface area contributed by atoms with Crippen LogP contribution < -0.4 is 26.8 Å². The van der Waals surface area contributed by atoms with E-state index in [0.29, 0.717) is 22.7 Å². The summed E-state index contributed by atoms with van der Waals surface area (Å²) >= 11 is 6.07. The summed E-state index contributed by atoms with van der Waals surface area (Å²) in [5.74, 6) is -0.367. The average Bonchev–Trinajstić information content (AvgIpc) is 2.86. The molecular formula is C26H24ClN5O3. The third-order valence-electron chi connectivity index (χ3n) is 5.68. The summed E-state index contributed by atoms with van der Waals surface area (Å²) in [5.41, 5.74) is 0.318. The molecule has 9 heteroatoms. The van der Waals surface area contributed by atoms with Gasteiger partial charge in [0.2, 0.25) is 0 Å². The van der Waals surface area contributed by atoms with Gasteiger partial charge in [-0.3, -0.25) is 24.4 Å². The van der Waals surface area contributed by atoms with Crippen molar-refractivity contribution in [2.75, 3.05) is 10.6 Å². The lowest BCUT2D eigenvalue weighted by molar-refractivity contribution is 0.0907. The first-order valence-corrected chi connectivity index (χ1v) is 11.3. The van der Waals surface area contributed by atoms with Crippen molar-refractivity contribution in [1.29, 1.82) is 0 Å². The second-order valence-corrected chi connectivity index (χ2v) is 9.29. The fraction of sp³-hybridized carbons (Fsp3) is 0.192. The van der Waals surface area contributed by atoms with Gasteiger partial charge in [0.25, 0.3) is 16.8 Å². The van der Waals surface area contributed by atoms with Crippen LogP contribution in [0.4, 0.5) is 17.1 Å². The van der Waals surface area contributed by atoms with Gasteiger partial charge in [0.05, 0.1) is 11.9 Å². The van der Waals surface area contributed by atoms with Gasteiger partial charge in [0.15, 0.2) is 0 Å². The lowest BCUT2D eigenvalue weighted by Crippen LogP contribution is -2.53. The molecule has 1 unspecified atom stereocenters. The average molecular weight is 490 g/mol. The summed E-state index contributed by atoms with van der Waals surface area (Å²) in [6, 6.07) is 13.8. The number of carbonyl (C=O) groups is 1. The Balaban J connectivity index is 1.64. The lowest BCUT2D eigenvalue weighted by atomic mass is 9.82. The predicted molar refractivity (Wildman–Crippen MR) is 137 cm³/mol. The summed E-state index contributed by atoms with van der Waals surface area (Å²) in [7, 11) is 0. The zero-order valence-electron chi connectivity index (χ0n) is 19.2. The third-order valence-corrected chi connectivity index (χ3v) is 5.92. The molecule has 3 N–H and O–H groups in total. The van der Waals surface area contributed by atoms with Crippen LogP contribution in [0.25, 0.3) is 0 Å². The van der Waals surface area contributed by atoms with E-state index in [4.69, 9.17) is 11.6 Å². The van der Waals surface area contributed by atoms with E-state index < -0.39 is 22.4 Å². The highest BCUT2D eigenvalue weighted by Crippen LogP contribution is 2.30. The highest BCUT2D eigenvalue weighted by molar-refractivity contribution is 6.30. The van der Waals surface area contributed by atoms with Gasteiger partial charge in [-0.15, -0.1) is 0 Å². The monoisotopic (exact) mass is 489 g/mol. The molecule has 0 radical (unpaired) electrons. The van der Waals surface area contributed by atoms with Crippen molar-refractivity contribution in [3.63, 3.8) is 0 Å². The molecular weight excluding hydrogens is 466 g/mol. The number of hydrogen-bond acceptors (Lipinski definition) is 7. The molecule has 0 saturated heterocycles. The second-order valence-electron chi connectivity index (χ2n) is 8.86. The van der Waals surface area contributed by atoms with Gasteiger partial charge >= 0.3 is 0 Å². The highest BCUT2D eigenvalue weighted by atomic mass is 35.5. The minimum Gasteiger partial charge on any atom is -0.360 e. The summed E-state index contributed by atoms with van der Waals surface area (Å²) in [6.45, 7) is 3.92. The van der Waals surface area contributed by atoms with Gasteiger partial charge in [-0.05, 0) is 54.4 Å². The van der Waals surface area contributed by atoms with Crippen LogP contribution in [-0.4, -0.2) is 22.0 Å². The second kappa shape index (κ2) is 10.1. The van der Waals surface area contributed by atoms with Gasteiger partial charge in [0, 0.05) is 34.6 Å². The maximum atomic E-state index is 13.1. The normalized spacial score (nSPS) is 12.2. The molecule has 2 aromatic heterocycles. The van der Waals surface area contributed by atoms with Gasteiger partial charge in [-0.2, -0.15) is 0 Å². The summed E-state index contributed by atoms with van der Waals surface area (Å²) in [5, 5.41) is 9.49. The van der Waals surface area contributed by atoms with Crippen LogP contribution in [0.1, 0.15) is 29.8 Å². The Kier molecular flexibility index (Phi) is 6.93. The van der Waals surface area contributed by atoms with Gasteiger partial charge in [-0.1, -0.05) is 31.5 Å². The van der Waals surface area contributed by atoms with Crippen molar-refractivity contribution < 1.29 is 4.79 Å². The van der Waals surface area contributed by atoms with Crippen molar-refractivity contribution in [2.45, 2.75) is 26.4 Å². The van der Waals surface area contributed by atoms with Crippen molar-refractivity contribution in [2.24, 2.45) is 5.41 Å². The van der Waals surface area contributed by atoms with E-state index in [2.05, 4.69) is 25.9 Å². The Morgan fingerprint density at radius 2 is 1.71 bits per heavy atom. The number of amides is 1. The first-order chi connectivity index (χ1) is 16.7. The molecule has 0 aliphatic rings. The van der Waals surface area contributed by atoms with E-state index in [-0.39, 0.29) is 17.3 Å². The van der Waals surface area contributed by atoms with E-state index in [1.165, 1.54) is 0 Å². The standard InChI is InChI=1S/C26H24ClN5O3/c1-26(2,14-16-8-11-28-12-9-16)25(32-24(35)17-5-3-6-18(27)13-17)31-21-20(22(33)23(21)34)30-19-7-4-10-29-15-19/h3-13,15,25,30-31H,14H2,1-2H3,(H,32,35). The molecule has 0 fully saturated rings. The highest BCUT2D eigenvalue weighted by Gasteiger charge is 2.34. The smallest absolute Gasteiger partial charge is 0.253 e. The fourth-order valence-electron chi connectivity index (χ4n) is 3.77. The molecule has 1 amide bonds. The molecule has 0 saturated carbocycles. The lowest BCUT2D eigenvalue weighted by Gasteiger charge is -2.37. The zero-order valence-corrected chi connectivity index (χ0v) is 20.0. The van der Waals surface area contributed by atoms with E-state index in [1.807, 2.05) is 26.0 Å². The fourth-order valence-corrected chi connectivity index (χ4v) is 3.96. The number of aromatic nitrogens is 2. The molecule has 2 heterocycles. The molecule has 4 rings (SSSR count). The van der Waals surface area contributed by atoms with Crippen LogP contribution in [0.2, 0.25) is 5.02 Å². The quantitative estimate of drug-likeness (QED) is 0.241. The Hall–Kier alpha value is -4.04. The molecule has 0 aliphatic carbocycles. The van der Waals surface area contributed by atoms with Crippen LogP contribution in [0, 0.1) is 5.41 Å². The van der Waals surface area contributed by atoms with Crippen molar-refractivity contribution in [1.82, 2.24) is 15.3 Å². The van der Waals surface area contributed by atoms with Crippen molar-refractivity contribution in [3.05, 3.63) is 110 Å². The number of nitrogens with zero attached hydrogens (tertiary/aromatic N) is 2. The van der Waals surface area contributed by atoms with Gasteiger partial charge in [0.1, 0.15) is 17.5 Å². The van der Waals surface area contributed by atoms with Gasteiger partial charge in [-0.25, -0.2) is 0 Å². The molecule has 4 aromatic rings. The molecule has 0 aliphatic heterocycles. The number of hydrogen-bond donors (Lipinski definition) is 3. The van der Waals surface area contributed by atoms with Gasteiger partial charge < -0.3 is 16.0 Å². The number of nitrogens with one attached hydrogen (secondary N) is 3. The first-order valence-electron chi connectivity index (χ1n) is 11.0. The Morgan fingerprint density at radius 1 is 0.971 bits per heavy atom. The number of pyridine rings is 2. The van der Waals surface area contributed by atoms with E-state index in [1.54, 1.807) is 61.2 Å². The van der Waals surface area contributed by atoms with Crippen LogP contribution in [-0.2, 0) is 6.42 Å². The van der Waals surface area contributed by atoms with E-state index in [0.717, 1.165) is 5.56 Å². The number of carbonyl (C=O) groups excluding carboxylic acids is 1. The van der Waals surface area contributed by atoms with Crippen molar-refractivity contribution >= 4 is 34.6 Å². The molecule has 35 heavy (non-hydrogen) atoms. The maximum Gasteiger partial charge on any atom is 0.253 e. The van der Waals surface area contributed by atoms with Crippen LogP contribution in [0.3, 0.4) is 0 Å². The largest absolute Gasteiger partial charge is 0.360 e. The topological polar surface area (TPSA) is 113 Å². The summed E-state index contributed by atoms with van der Waals surface area (Å²) in [6.07, 6.45) is 6.40. The Bertz CT molecular complexity index is 1400. The van der Waals surface area contributed by atoms with Crippen LogP contribution in [0.5, 0.6) is 0 Å². The van der Waals surface area contributed by atoms with Crippen molar-refractivity contribution in [3.8, 4) is 0 Å². The number of rotatable bonds is 9. The number of halogens is 1. The molecule has 8 nitrogen and oxygen atoms in total. The summed E-state index contributed by atoms with van der Waals surface area (Å²) in [4.78, 5) is 46.0.